The number of rotatable bonds is 5. The van der Waals surface area contributed by atoms with E-state index in [-0.39, 0.29) is 35.5 Å². The van der Waals surface area contributed by atoms with Gasteiger partial charge in [0.05, 0.1) is 0 Å². The Morgan fingerprint density at radius 1 is 1.15 bits per heavy atom. The van der Waals surface area contributed by atoms with E-state index in [2.05, 4.69) is 0 Å². The number of amides is 3. The van der Waals surface area contributed by atoms with Crippen molar-refractivity contribution >= 4 is 17.8 Å². The predicted molar refractivity (Wildman–Crippen MR) is 125 cm³/mol. The normalized spacial score (nSPS) is 29.1. The van der Waals surface area contributed by atoms with Crippen LogP contribution in [-0.4, -0.2) is 61.4 Å². The Hall–Kier alpha value is -3.11. The number of imide groups is 1. The number of nitrogens with one attached hydrogen (secondary N) is 1. The van der Waals surface area contributed by atoms with Gasteiger partial charge in [0, 0.05) is 26.7 Å². The summed E-state index contributed by atoms with van der Waals surface area (Å²) in [5.41, 5.74) is 3.06. The van der Waals surface area contributed by atoms with E-state index in [0.29, 0.717) is 32.1 Å². The molecule has 0 unspecified atom stereocenters. The van der Waals surface area contributed by atoms with Gasteiger partial charge in [0.15, 0.2) is 0 Å². The summed E-state index contributed by atoms with van der Waals surface area (Å²) in [5.74, 6) is -1.27. The zero-order valence-electron chi connectivity index (χ0n) is 20.1. The molecule has 0 radical (unpaired) electrons. The van der Waals surface area contributed by atoms with E-state index in [1.807, 2.05) is 6.92 Å². The number of nitrogens with zero attached hydrogens (tertiary/aromatic N) is 4. The van der Waals surface area contributed by atoms with Crippen LogP contribution in [0.3, 0.4) is 0 Å². The molecule has 0 bridgehead atoms. The van der Waals surface area contributed by atoms with Gasteiger partial charge in [-0.1, -0.05) is 19.8 Å². The number of carbonyl (C=O) groups excluding carboxylic acids is 2. The summed E-state index contributed by atoms with van der Waals surface area (Å²) in [4.78, 5) is 54.3. The Kier molecular flexibility index (Phi) is 5.85. The summed E-state index contributed by atoms with van der Waals surface area (Å²) in [7, 11) is 3.19. The molecule has 2 aliphatic carbocycles. The van der Waals surface area contributed by atoms with Crippen LogP contribution in [0.5, 0.6) is 5.88 Å². The minimum atomic E-state index is -0.782. The first-order chi connectivity index (χ1) is 16.0. The molecular weight excluding hydrogens is 440 g/mol. The molecule has 1 atom stereocenters. The van der Waals surface area contributed by atoms with Crippen molar-refractivity contribution in [3.8, 4) is 5.88 Å². The van der Waals surface area contributed by atoms with E-state index in [1.165, 1.54) is 16.5 Å². The summed E-state index contributed by atoms with van der Waals surface area (Å²) in [6.45, 7) is 2.19. The number of unbranched alkanes of at least 4 members (excludes halogenated alkanes) is 1. The molecular formula is C23H34N6O5. The molecule has 4 rings (SSSR count). The standard InChI is InChI=1S/C23H34N6O5/c1-4-5-11-28-17(30)15(16(24)25)18(31)29(21(28)34)14-7-6-9-22(10-8-14)12-23(13-22)19(32)26(2)20(33)27(23)3/h14,30H,4-13H2,1-3H3,(H3,24,25)/t14-,22?,23?/m1/s1. The third-order valence-corrected chi connectivity index (χ3v) is 8.22. The van der Waals surface area contributed by atoms with E-state index in [0.717, 1.165) is 30.3 Å². The molecule has 3 amide bonds. The maximum atomic E-state index is 13.3. The molecule has 1 aromatic heterocycles. The van der Waals surface area contributed by atoms with E-state index < -0.39 is 28.5 Å². The summed E-state index contributed by atoms with van der Waals surface area (Å²) in [6.07, 6.45) is 6.08. The summed E-state index contributed by atoms with van der Waals surface area (Å²) in [5, 5.41) is 18.3. The number of urea groups is 1. The first-order valence-electron chi connectivity index (χ1n) is 12.0. The Bertz CT molecular complexity index is 1160. The van der Waals surface area contributed by atoms with Crippen LogP contribution in [0.25, 0.3) is 0 Å². The van der Waals surface area contributed by atoms with Crippen LogP contribution in [-0.2, 0) is 11.3 Å². The van der Waals surface area contributed by atoms with Crippen molar-refractivity contribution in [2.75, 3.05) is 14.1 Å². The van der Waals surface area contributed by atoms with Crippen LogP contribution in [0.4, 0.5) is 4.79 Å². The molecule has 2 heterocycles. The molecule has 0 aromatic carbocycles. The number of hydrogen-bond acceptors (Lipinski definition) is 6. The van der Waals surface area contributed by atoms with Crippen molar-refractivity contribution in [3.63, 3.8) is 0 Å². The predicted octanol–water partition coefficient (Wildman–Crippen LogP) is 1.35. The van der Waals surface area contributed by atoms with Crippen LogP contribution in [0.15, 0.2) is 9.59 Å². The molecule has 3 fully saturated rings. The lowest BCUT2D eigenvalue weighted by Crippen LogP contribution is -2.62. The van der Waals surface area contributed by atoms with Gasteiger partial charge in [-0.15, -0.1) is 0 Å². The smallest absolute Gasteiger partial charge is 0.334 e. The van der Waals surface area contributed by atoms with Gasteiger partial charge in [-0.05, 0) is 50.4 Å². The van der Waals surface area contributed by atoms with Crippen molar-refractivity contribution in [1.29, 1.82) is 5.41 Å². The lowest BCUT2D eigenvalue weighted by molar-refractivity contribution is -0.146. The highest BCUT2D eigenvalue weighted by Crippen LogP contribution is 2.60. The van der Waals surface area contributed by atoms with Crippen LogP contribution in [0, 0.1) is 10.8 Å². The average molecular weight is 475 g/mol. The lowest BCUT2D eigenvalue weighted by Gasteiger charge is -2.55. The van der Waals surface area contributed by atoms with Gasteiger partial charge in [-0.25, -0.2) is 9.59 Å². The molecule has 4 N–H and O–H groups in total. The Morgan fingerprint density at radius 2 is 1.82 bits per heavy atom. The zero-order valence-corrected chi connectivity index (χ0v) is 20.1. The van der Waals surface area contributed by atoms with Gasteiger partial charge in [0.1, 0.15) is 16.9 Å². The third kappa shape index (κ3) is 3.35. The molecule has 2 saturated carbocycles. The maximum absolute atomic E-state index is 13.3. The van der Waals surface area contributed by atoms with Gasteiger partial charge in [0.25, 0.3) is 11.5 Å². The second-order valence-corrected chi connectivity index (χ2v) is 10.3. The fraction of sp³-hybridized carbons (Fsp3) is 0.696. The van der Waals surface area contributed by atoms with Gasteiger partial charge in [-0.3, -0.25) is 29.0 Å². The fourth-order valence-electron chi connectivity index (χ4n) is 6.33. The highest BCUT2D eigenvalue weighted by atomic mass is 16.3. The number of aromatic nitrogens is 2. The molecule has 11 nitrogen and oxygen atoms in total. The number of nitrogens with two attached hydrogens (primary N) is 1. The molecule has 34 heavy (non-hydrogen) atoms. The highest BCUT2D eigenvalue weighted by Gasteiger charge is 2.66. The second kappa shape index (κ2) is 8.28. The number of carbonyl (C=O) groups is 2. The van der Waals surface area contributed by atoms with Crippen LogP contribution in [0.2, 0.25) is 0 Å². The number of likely N-dealkylation sites (N-methyl/N-ethyl adjacent to an activating group) is 2. The number of nitrogen functional groups attached to an aromatic ring is 1. The lowest BCUT2D eigenvalue weighted by atomic mass is 9.53. The summed E-state index contributed by atoms with van der Waals surface area (Å²) in [6, 6.07) is -0.671. The Balaban J connectivity index is 1.62. The molecule has 2 spiro atoms. The molecule has 186 valence electrons. The Labute approximate surface area is 197 Å². The van der Waals surface area contributed by atoms with E-state index in [1.54, 1.807) is 11.9 Å². The third-order valence-electron chi connectivity index (χ3n) is 8.22. The Morgan fingerprint density at radius 3 is 2.38 bits per heavy atom. The largest absolute Gasteiger partial charge is 0.494 e. The van der Waals surface area contributed by atoms with E-state index in [9.17, 15) is 24.3 Å². The first kappa shape index (κ1) is 24.0. The molecule has 1 aromatic rings. The maximum Gasteiger partial charge on any atom is 0.334 e. The van der Waals surface area contributed by atoms with Crippen molar-refractivity contribution in [3.05, 3.63) is 26.4 Å². The monoisotopic (exact) mass is 474 g/mol. The summed E-state index contributed by atoms with van der Waals surface area (Å²) >= 11 is 0. The molecule has 11 heteroatoms. The molecule has 3 aliphatic rings. The minimum absolute atomic E-state index is 0.116. The fourth-order valence-corrected chi connectivity index (χ4v) is 6.33. The van der Waals surface area contributed by atoms with Crippen molar-refractivity contribution in [2.24, 2.45) is 11.1 Å². The van der Waals surface area contributed by atoms with Gasteiger partial charge < -0.3 is 15.7 Å². The highest BCUT2D eigenvalue weighted by molar-refractivity contribution is 6.07. The topological polar surface area (TPSA) is 155 Å². The van der Waals surface area contributed by atoms with Crippen LogP contribution < -0.4 is 17.0 Å². The average Bonchev–Trinajstić information content (AvgIpc) is 2.92. The van der Waals surface area contributed by atoms with Gasteiger partial charge in [-0.2, -0.15) is 0 Å². The number of hydrogen-bond donors (Lipinski definition) is 3. The van der Waals surface area contributed by atoms with Gasteiger partial charge >= 0.3 is 11.7 Å². The quantitative estimate of drug-likeness (QED) is 0.332. The molecule has 1 saturated heterocycles. The van der Waals surface area contributed by atoms with E-state index >= 15 is 0 Å². The number of aromatic hydroxyl groups is 1. The van der Waals surface area contributed by atoms with Crippen molar-refractivity contribution < 1.29 is 14.7 Å². The minimum Gasteiger partial charge on any atom is -0.494 e. The van der Waals surface area contributed by atoms with Crippen molar-refractivity contribution in [2.45, 2.75) is 82.8 Å². The first-order valence-corrected chi connectivity index (χ1v) is 12.0. The van der Waals surface area contributed by atoms with Crippen molar-refractivity contribution in [1.82, 2.24) is 18.9 Å². The van der Waals surface area contributed by atoms with Crippen LogP contribution >= 0.6 is 0 Å². The van der Waals surface area contributed by atoms with E-state index in [4.69, 9.17) is 11.1 Å². The second-order valence-electron chi connectivity index (χ2n) is 10.3. The SMILES string of the molecule is CCCCn1c(O)c(C(=N)N)c(=O)n([C@@H]2CCCC3(CC2)CC2(C3)C(=O)N(C)C(=O)N2C)c1=O. The van der Waals surface area contributed by atoms with Crippen LogP contribution in [0.1, 0.15) is 76.3 Å². The summed E-state index contributed by atoms with van der Waals surface area (Å²) < 4.78 is 2.32. The van der Waals surface area contributed by atoms with Gasteiger partial charge in [0.2, 0.25) is 5.88 Å². The zero-order chi connectivity index (χ0) is 25.0. The molecule has 1 aliphatic heterocycles. The number of amidine groups is 1.